The molecule has 6 nitrogen and oxygen atoms in total. The number of carbonyl (C=O) groups excluding carboxylic acids is 1. The monoisotopic (exact) mass is 388 g/mol. The Balaban J connectivity index is 1.76. The van der Waals surface area contributed by atoms with Crippen molar-refractivity contribution >= 4 is 5.91 Å². The Morgan fingerprint density at radius 2 is 1.96 bits per heavy atom. The van der Waals surface area contributed by atoms with Crippen molar-refractivity contribution in [1.29, 1.82) is 0 Å². The van der Waals surface area contributed by atoms with E-state index in [1.165, 1.54) is 23.1 Å². The maximum Gasteiger partial charge on any atom is 0.257 e. The summed E-state index contributed by atoms with van der Waals surface area (Å²) in [5.74, 6) is -0.104. The minimum absolute atomic E-state index is 0.0666. The van der Waals surface area contributed by atoms with E-state index in [4.69, 9.17) is 15.2 Å². The second-order valence-electron chi connectivity index (χ2n) is 6.89. The lowest BCUT2D eigenvalue weighted by atomic mass is 10.1. The Labute approximate surface area is 163 Å². The highest BCUT2D eigenvalue weighted by molar-refractivity contribution is 5.95. The Hall–Kier alpha value is -2.48. The van der Waals surface area contributed by atoms with Crippen molar-refractivity contribution in [3.05, 3.63) is 59.4 Å². The topological polar surface area (TPSA) is 85.0 Å². The number of rotatable bonds is 6. The van der Waals surface area contributed by atoms with Gasteiger partial charge in [0, 0.05) is 13.1 Å². The van der Waals surface area contributed by atoms with Crippen molar-refractivity contribution in [2.75, 3.05) is 26.2 Å². The van der Waals surface area contributed by atoms with E-state index in [2.05, 4.69) is 0 Å². The van der Waals surface area contributed by atoms with Gasteiger partial charge in [-0.1, -0.05) is 12.1 Å². The van der Waals surface area contributed by atoms with Crippen LogP contribution in [0.15, 0.2) is 42.5 Å². The van der Waals surface area contributed by atoms with Crippen molar-refractivity contribution in [1.82, 2.24) is 4.90 Å². The largest absolute Gasteiger partial charge is 0.457 e. The van der Waals surface area contributed by atoms with Gasteiger partial charge in [-0.05, 0) is 55.8 Å². The van der Waals surface area contributed by atoms with E-state index in [-0.39, 0.29) is 24.8 Å². The van der Waals surface area contributed by atoms with Crippen molar-refractivity contribution < 1.29 is 23.8 Å². The average Bonchev–Trinajstić information content (AvgIpc) is 2.70. The fraction of sp³-hybridized carbons (Fsp3) is 0.381. The predicted octanol–water partition coefficient (Wildman–Crippen LogP) is 2.34. The molecule has 2 atom stereocenters. The molecule has 0 aromatic heterocycles. The number of aliphatic hydroxyl groups excluding tert-OH is 1. The number of ether oxygens (including phenoxy) is 2. The highest BCUT2D eigenvalue weighted by Gasteiger charge is 2.30. The van der Waals surface area contributed by atoms with E-state index in [0.717, 1.165) is 12.0 Å². The summed E-state index contributed by atoms with van der Waals surface area (Å²) in [6.45, 7) is 2.74. The number of hydrogen-bond acceptors (Lipinski definition) is 5. The SMILES string of the molecule is C[C@@H]1CN(C(=O)c2cc(Oc3ccc(CCN)cc3)ccc2F)C[C@@H](CO)O1. The molecule has 28 heavy (non-hydrogen) atoms. The molecular formula is C21H25FN2O4. The van der Waals surface area contributed by atoms with Crippen molar-refractivity contribution in [3.8, 4) is 11.5 Å². The number of morpholine rings is 1. The molecule has 1 heterocycles. The molecular weight excluding hydrogens is 363 g/mol. The molecule has 0 aliphatic carbocycles. The van der Waals surface area contributed by atoms with Crippen LogP contribution < -0.4 is 10.5 Å². The first-order chi connectivity index (χ1) is 13.5. The van der Waals surface area contributed by atoms with Crippen molar-refractivity contribution in [2.45, 2.75) is 25.6 Å². The number of nitrogens with zero attached hydrogens (tertiary/aromatic N) is 1. The van der Waals surface area contributed by atoms with E-state index in [9.17, 15) is 14.3 Å². The molecule has 2 aromatic rings. The minimum Gasteiger partial charge on any atom is -0.457 e. The lowest BCUT2D eigenvalue weighted by Gasteiger charge is -2.36. The summed E-state index contributed by atoms with van der Waals surface area (Å²) in [7, 11) is 0. The Kier molecular flexibility index (Phi) is 6.61. The number of halogens is 1. The van der Waals surface area contributed by atoms with Crippen LogP contribution in [0.3, 0.4) is 0 Å². The van der Waals surface area contributed by atoms with Gasteiger partial charge in [-0.2, -0.15) is 0 Å². The lowest BCUT2D eigenvalue weighted by molar-refractivity contribution is -0.0859. The van der Waals surface area contributed by atoms with E-state index in [1.54, 1.807) is 0 Å². The number of amides is 1. The van der Waals surface area contributed by atoms with Gasteiger partial charge in [0.05, 0.1) is 24.4 Å². The standard InChI is InChI=1S/C21H25FN2O4/c1-14-11-24(12-18(13-25)27-14)21(26)19-10-17(6-7-20(19)22)28-16-4-2-15(3-5-16)8-9-23/h2-7,10,14,18,25H,8-9,11-13,23H2,1H3/t14-,18+/m1/s1. The van der Waals surface area contributed by atoms with E-state index < -0.39 is 17.8 Å². The summed E-state index contributed by atoms with van der Waals surface area (Å²) in [5.41, 5.74) is 6.58. The highest BCUT2D eigenvalue weighted by Crippen LogP contribution is 2.25. The average molecular weight is 388 g/mol. The molecule has 2 aromatic carbocycles. The lowest BCUT2D eigenvalue weighted by Crippen LogP contribution is -2.50. The summed E-state index contributed by atoms with van der Waals surface area (Å²) in [6.07, 6.45) is 0.0778. The summed E-state index contributed by atoms with van der Waals surface area (Å²) in [6, 6.07) is 11.6. The maximum atomic E-state index is 14.3. The van der Waals surface area contributed by atoms with Gasteiger partial charge in [0.2, 0.25) is 0 Å². The van der Waals surface area contributed by atoms with Crippen molar-refractivity contribution in [3.63, 3.8) is 0 Å². The molecule has 0 radical (unpaired) electrons. The summed E-state index contributed by atoms with van der Waals surface area (Å²) >= 11 is 0. The molecule has 1 fully saturated rings. The number of hydrogen-bond donors (Lipinski definition) is 2. The first kappa shape index (κ1) is 20.3. The third kappa shape index (κ3) is 4.86. The highest BCUT2D eigenvalue weighted by atomic mass is 19.1. The molecule has 7 heteroatoms. The first-order valence-electron chi connectivity index (χ1n) is 9.32. The van der Waals surface area contributed by atoms with Crippen LogP contribution in [-0.4, -0.2) is 54.4 Å². The van der Waals surface area contributed by atoms with Gasteiger partial charge in [0.25, 0.3) is 5.91 Å². The van der Waals surface area contributed by atoms with Crippen LogP contribution in [0.4, 0.5) is 4.39 Å². The molecule has 150 valence electrons. The summed E-state index contributed by atoms with van der Waals surface area (Å²) in [4.78, 5) is 14.3. The molecule has 1 aliphatic rings. The van der Waals surface area contributed by atoms with Gasteiger partial charge in [0.1, 0.15) is 17.3 Å². The van der Waals surface area contributed by atoms with E-state index in [0.29, 0.717) is 24.6 Å². The summed E-state index contributed by atoms with van der Waals surface area (Å²) < 4.78 is 25.6. The second kappa shape index (κ2) is 9.14. The van der Waals surface area contributed by atoms with Gasteiger partial charge in [0.15, 0.2) is 0 Å². The minimum atomic E-state index is -0.615. The van der Waals surface area contributed by atoms with Gasteiger partial charge in [-0.15, -0.1) is 0 Å². The Morgan fingerprint density at radius 1 is 1.25 bits per heavy atom. The fourth-order valence-electron chi connectivity index (χ4n) is 3.24. The third-order valence-electron chi connectivity index (χ3n) is 4.58. The molecule has 1 aliphatic heterocycles. The number of nitrogens with two attached hydrogens (primary N) is 1. The zero-order chi connectivity index (χ0) is 20.1. The van der Waals surface area contributed by atoms with Crippen molar-refractivity contribution in [2.24, 2.45) is 5.73 Å². The zero-order valence-electron chi connectivity index (χ0n) is 15.8. The van der Waals surface area contributed by atoms with Gasteiger partial charge >= 0.3 is 0 Å². The van der Waals surface area contributed by atoms with Gasteiger partial charge in [-0.25, -0.2) is 4.39 Å². The van der Waals surface area contributed by atoms with E-state index >= 15 is 0 Å². The molecule has 1 amide bonds. The Bertz CT molecular complexity index is 813. The molecule has 0 spiro atoms. The third-order valence-corrected chi connectivity index (χ3v) is 4.58. The van der Waals surface area contributed by atoms with Crippen LogP contribution in [0.2, 0.25) is 0 Å². The van der Waals surface area contributed by atoms with Crippen LogP contribution in [0.5, 0.6) is 11.5 Å². The molecule has 0 unspecified atom stereocenters. The second-order valence-corrected chi connectivity index (χ2v) is 6.89. The van der Waals surface area contributed by atoms with Crippen LogP contribution in [-0.2, 0) is 11.2 Å². The molecule has 3 rings (SSSR count). The van der Waals surface area contributed by atoms with Crippen LogP contribution >= 0.6 is 0 Å². The van der Waals surface area contributed by atoms with Gasteiger partial charge in [-0.3, -0.25) is 4.79 Å². The summed E-state index contributed by atoms with van der Waals surface area (Å²) in [5, 5.41) is 9.33. The molecule has 0 saturated carbocycles. The Morgan fingerprint density at radius 3 is 2.64 bits per heavy atom. The van der Waals surface area contributed by atoms with E-state index in [1.807, 2.05) is 31.2 Å². The van der Waals surface area contributed by atoms with Crippen LogP contribution in [0.1, 0.15) is 22.8 Å². The van der Waals surface area contributed by atoms with Crippen LogP contribution in [0, 0.1) is 5.82 Å². The number of benzene rings is 2. The number of carbonyl (C=O) groups is 1. The normalized spacial score (nSPS) is 19.5. The van der Waals surface area contributed by atoms with Gasteiger partial charge < -0.3 is 25.2 Å². The first-order valence-corrected chi connectivity index (χ1v) is 9.32. The molecule has 0 bridgehead atoms. The predicted molar refractivity (Wildman–Crippen MR) is 103 cm³/mol. The molecule has 1 saturated heterocycles. The smallest absolute Gasteiger partial charge is 0.257 e. The number of aliphatic hydroxyl groups is 1. The molecule has 3 N–H and O–H groups in total. The maximum absolute atomic E-state index is 14.3. The quantitative estimate of drug-likeness (QED) is 0.794. The van der Waals surface area contributed by atoms with Crippen LogP contribution in [0.25, 0.3) is 0 Å². The fourth-order valence-corrected chi connectivity index (χ4v) is 3.24. The zero-order valence-corrected chi connectivity index (χ0v) is 15.8.